The van der Waals surface area contributed by atoms with E-state index >= 15 is 0 Å². The number of halogens is 3. The zero-order chi connectivity index (χ0) is 11.8. The number of pyridine rings is 1. The van der Waals surface area contributed by atoms with Crippen molar-refractivity contribution >= 4 is 5.71 Å². The molecule has 1 aliphatic rings. The van der Waals surface area contributed by atoms with Crippen LogP contribution in [0.1, 0.15) is 29.7 Å². The Labute approximate surface area is 89.6 Å². The van der Waals surface area contributed by atoms with E-state index < -0.39 is 11.7 Å². The quantitative estimate of drug-likeness (QED) is 0.550. The zero-order valence-corrected chi connectivity index (χ0v) is 8.25. The van der Waals surface area contributed by atoms with E-state index in [0.29, 0.717) is 24.1 Å². The third-order valence-electron chi connectivity index (χ3n) is 2.56. The van der Waals surface area contributed by atoms with Gasteiger partial charge in [-0.2, -0.15) is 13.2 Å². The van der Waals surface area contributed by atoms with E-state index in [1.165, 1.54) is 0 Å². The summed E-state index contributed by atoms with van der Waals surface area (Å²) >= 11 is 0. The number of hydrogen-bond donors (Lipinski definition) is 1. The van der Waals surface area contributed by atoms with Crippen LogP contribution in [0.4, 0.5) is 13.2 Å². The van der Waals surface area contributed by atoms with Crippen LogP contribution in [0, 0.1) is 0 Å². The Morgan fingerprint density at radius 3 is 2.69 bits per heavy atom. The summed E-state index contributed by atoms with van der Waals surface area (Å²) in [5.41, 5.74) is 0.338. The summed E-state index contributed by atoms with van der Waals surface area (Å²) in [7, 11) is 0. The molecule has 6 heteroatoms. The average Bonchev–Trinajstić information content (AvgIpc) is 2.26. The topological polar surface area (TPSA) is 45.5 Å². The second-order valence-corrected chi connectivity index (χ2v) is 3.62. The first-order valence-corrected chi connectivity index (χ1v) is 4.80. The minimum Gasteiger partial charge on any atom is -0.411 e. The van der Waals surface area contributed by atoms with Gasteiger partial charge in [0.15, 0.2) is 0 Å². The Hall–Kier alpha value is -1.59. The van der Waals surface area contributed by atoms with Gasteiger partial charge in [0, 0.05) is 17.5 Å². The van der Waals surface area contributed by atoms with Crippen molar-refractivity contribution < 1.29 is 18.4 Å². The molecule has 0 unspecified atom stereocenters. The van der Waals surface area contributed by atoms with Crippen LogP contribution in [0.15, 0.2) is 17.4 Å². The van der Waals surface area contributed by atoms with Crippen molar-refractivity contribution in [3.63, 3.8) is 0 Å². The third kappa shape index (κ3) is 1.87. The zero-order valence-electron chi connectivity index (χ0n) is 8.25. The lowest BCUT2D eigenvalue weighted by Gasteiger charge is -2.17. The molecule has 0 aromatic carbocycles. The van der Waals surface area contributed by atoms with Gasteiger partial charge >= 0.3 is 6.18 Å². The van der Waals surface area contributed by atoms with Crippen molar-refractivity contribution in [3.05, 3.63) is 29.1 Å². The largest absolute Gasteiger partial charge is 0.417 e. The highest BCUT2D eigenvalue weighted by molar-refractivity contribution is 6.02. The van der Waals surface area contributed by atoms with Crippen molar-refractivity contribution in [2.45, 2.75) is 25.4 Å². The maximum atomic E-state index is 12.4. The molecule has 3 nitrogen and oxygen atoms in total. The normalized spacial score (nSPS) is 18.6. The Morgan fingerprint density at radius 2 is 2.06 bits per heavy atom. The molecule has 1 aromatic heterocycles. The molecular weight excluding hydrogens is 221 g/mol. The van der Waals surface area contributed by atoms with Gasteiger partial charge in [-0.05, 0) is 25.3 Å². The van der Waals surface area contributed by atoms with Crippen molar-refractivity contribution in [2.24, 2.45) is 5.16 Å². The first-order valence-electron chi connectivity index (χ1n) is 4.80. The fraction of sp³-hybridized carbons (Fsp3) is 0.400. The molecule has 0 spiro atoms. The molecule has 86 valence electrons. The Kier molecular flexibility index (Phi) is 2.57. The lowest BCUT2D eigenvalue weighted by atomic mass is 9.93. The molecule has 2 rings (SSSR count). The van der Waals surface area contributed by atoms with E-state index in [-0.39, 0.29) is 5.71 Å². The number of fused-ring (bicyclic) bond motifs is 1. The van der Waals surface area contributed by atoms with Gasteiger partial charge in [0.25, 0.3) is 0 Å². The van der Waals surface area contributed by atoms with Crippen LogP contribution in [0.5, 0.6) is 0 Å². The number of rotatable bonds is 0. The molecule has 1 heterocycles. The van der Waals surface area contributed by atoms with Gasteiger partial charge in [0.1, 0.15) is 0 Å². The standard InChI is InChI=1S/C10H9F3N2O/c11-10(12,13)6-4-7-8(14-5-6)2-1-3-9(7)15-16/h4-5,16H,1-3H2/b15-9+. The van der Waals surface area contributed by atoms with Crippen molar-refractivity contribution in [2.75, 3.05) is 0 Å². The predicted octanol–water partition coefficient (Wildman–Crippen LogP) is 2.62. The van der Waals surface area contributed by atoms with Gasteiger partial charge in [-0.25, -0.2) is 0 Å². The molecule has 0 atom stereocenters. The summed E-state index contributed by atoms with van der Waals surface area (Å²) in [5.74, 6) is 0. The lowest BCUT2D eigenvalue weighted by molar-refractivity contribution is -0.137. The van der Waals surface area contributed by atoms with Crippen LogP contribution in [0.3, 0.4) is 0 Å². The summed E-state index contributed by atoms with van der Waals surface area (Å²) in [5, 5.41) is 11.7. The fourth-order valence-corrected chi connectivity index (χ4v) is 1.76. The van der Waals surface area contributed by atoms with Gasteiger partial charge in [-0.3, -0.25) is 4.98 Å². The minimum absolute atomic E-state index is 0.278. The highest BCUT2D eigenvalue weighted by atomic mass is 19.4. The number of aromatic nitrogens is 1. The van der Waals surface area contributed by atoms with E-state index in [0.717, 1.165) is 18.7 Å². The lowest BCUT2D eigenvalue weighted by Crippen LogP contribution is -2.16. The summed E-state index contributed by atoms with van der Waals surface area (Å²) in [6, 6.07) is 0.997. The van der Waals surface area contributed by atoms with E-state index in [1.807, 2.05) is 0 Å². The molecule has 0 aliphatic heterocycles. The number of hydrogen-bond acceptors (Lipinski definition) is 3. The molecule has 1 aliphatic carbocycles. The van der Waals surface area contributed by atoms with Gasteiger partial charge in [0.05, 0.1) is 11.3 Å². The highest BCUT2D eigenvalue weighted by Gasteiger charge is 2.32. The first kappa shape index (κ1) is 10.9. The van der Waals surface area contributed by atoms with Crippen LogP contribution in [0.2, 0.25) is 0 Å². The van der Waals surface area contributed by atoms with E-state index in [1.54, 1.807) is 0 Å². The van der Waals surface area contributed by atoms with Crippen molar-refractivity contribution in [3.8, 4) is 0 Å². The molecule has 1 N–H and O–H groups in total. The molecular formula is C10H9F3N2O. The van der Waals surface area contributed by atoms with Crippen LogP contribution < -0.4 is 0 Å². The van der Waals surface area contributed by atoms with Crippen LogP contribution in [0.25, 0.3) is 0 Å². The van der Waals surface area contributed by atoms with Crippen LogP contribution >= 0.6 is 0 Å². The maximum Gasteiger partial charge on any atom is 0.417 e. The van der Waals surface area contributed by atoms with Gasteiger partial charge in [-0.15, -0.1) is 0 Å². The highest BCUT2D eigenvalue weighted by Crippen LogP contribution is 2.31. The first-order chi connectivity index (χ1) is 7.52. The summed E-state index contributed by atoms with van der Waals surface area (Å²) in [6.45, 7) is 0. The van der Waals surface area contributed by atoms with Gasteiger partial charge in [-0.1, -0.05) is 5.16 Å². The minimum atomic E-state index is -4.42. The molecule has 0 saturated carbocycles. The number of nitrogens with zero attached hydrogens (tertiary/aromatic N) is 2. The molecule has 0 radical (unpaired) electrons. The Morgan fingerprint density at radius 1 is 1.31 bits per heavy atom. The predicted molar refractivity (Wildman–Crippen MR) is 50.5 cm³/mol. The van der Waals surface area contributed by atoms with Crippen LogP contribution in [-0.2, 0) is 12.6 Å². The second-order valence-electron chi connectivity index (χ2n) is 3.62. The summed E-state index contributed by atoms with van der Waals surface area (Å²) in [4.78, 5) is 3.77. The molecule has 0 bridgehead atoms. The number of aryl methyl sites for hydroxylation is 1. The molecule has 0 fully saturated rings. The Balaban J connectivity index is 2.51. The molecule has 1 aromatic rings. The monoisotopic (exact) mass is 230 g/mol. The van der Waals surface area contributed by atoms with Crippen LogP contribution in [-0.4, -0.2) is 15.9 Å². The molecule has 0 amide bonds. The summed E-state index contributed by atoms with van der Waals surface area (Å²) < 4.78 is 37.3. The van der Waals surface area contributed by atoms with Crippen molar-refractivity contribution in [1.82, 2.24) is 4.98 Å². The fourth-order valence-electron chi connectivity index (χ4n) is 1.76. The number of alkyl halides is 3. The second kappa shape index (κ2) is 3.77. The van der Waals surface area contributed by atoms with Crippen molar-refractivity contribution in [1.29, 1.82) is 0 Å². The molecule has 16 heavy (non-hydrogen) atoms. The van der Waals surface area contributed by atoms with E-state index in [2.05, 4.69) is 10.1 Å². The van der Waals surface area contributed by atoms with E-state index in [4.69, 9.17) is 5.21 Å². The average molecular weight is 230 g/mol. The third-order valence-corrected chi connectivity index (χ3v) is 2.56. The SMILES string of the molecule is O/N=C1\CCCc2ncc(C(F)(F)F)cc21. The smallest absolute Gasteiger partial charge is 0.411 e. The Bertz CT molecular complexity index is 440. The van der Waals surface area contributed by atoms with Gasteiger partial charge < -0.3 is 5.21 Å². The van der Waals surface area contributed by atoms with Gasteiger partial charge in [0.2, 0.25) is 0 Å². The summed E-state index contributed by atoms with van der Waals surface area (Å²) in [6.07, 6.45) is -1.76. The van der Waals surface area contributed by atoms with E-state index in [9.17, 15) is 13.2 Å². The molecule has 0 saturated heterocycles. The maximum absolute atomic E-state index is 12.4. The number of oxime groups is 1.